The summed E-state index contributed by atoms with van der Waals surface area (Å²) in [6.45, 7) is 0. The van der Waals surface area contributed by atoms with Gasteiger partial charge in [-0.1, -0.05) is 24.1 Å². The topological polar surface area (TPSA) is 93.6 Å². The largest absolute Gasteiger partial charge is 0.332 e. The number of nitrogens with two attached hydrogens (primary N) is 1. The molecule has 1 fully saturated rings. The Bertz CT molecular complexity index is 739. The second-order valence-corrected chi connectivity index (χ2v) is 6.38. The highest BCUT2D eigenvalue weighted by molar-refractivity contribution is 7.13. The average Bonchev–Trinajstić information content (AvgIpc) is 3.25. The van der Waals surface area contributed by atoms with Crippen LogP contribution in [-0.4, -0.2) is 20.3 Å². The van der Waals surface area contributed by atoms with Crippen LogP contribution >= 0.6 is 11.3 Å². The van der Waals surface area contributed by atoms with E-state index < -0.39 is 5.54 Å². The minimum absolute atomic E-state index is 0.417. The van der Waals surface area contributed by atoms with Crippen molar-refractivity contribution < 1.29 is 4.52 Å². The third-order valence-electron chi connectivity index (χ3n) is 3.95. The van der Waals surface area contributed by atoms with Crippen LogP contribution in [0.25, 0.3) is 22.2 Å². The Balaban J connectivity index is 1.64. The SMILES string of the molecule is NC1(c2noc(-c3cc(-c4cccs4)[nH]n3)n2)CCCC1. The van der Waals surface area contributed by atoms with Gasteiger partial charge in [-0.05, 0) is 30.4 Å². The molecule has 0 spiro atoms. The molecule has 3 N–H and O–H groups in total. The smallest absolute Gasteiger partial charge is 0.278 e. The number of nitrogens with zero attached hydrogens (tertiary/aromatic N) is 3. The molecule has 7 heteroatoms. The molecule has 1 saturated carbocycles. The predicted molar refractivity (Wildman–Crippen MR) is 79.5 cm³/mol. The molecule has 3 aromatic heterocycles. The maximum Gasteiger partial charge on any atom is 0.278 e. The Hall–Kier alpha value is -1.99. The van der Waals surface area contributed by atoms with E-state index in [0.717, 1.165) is 36.3 Å². The zero-order valence-corrected chi connectivity index (χ0v) is 12.2. The molecule has 0 amide bonds. The van der Waals surface area contributed by atoms with Crippen molar-refractivity contribution in [3.8, 4) is 22.2 Å². The van der Waals surface area contributed by atoms with Gasteiger partial charge in [0.2, 0.25) is 0 Å². The van der Waals surface area contributed by atoms with Crippen LogP contribution in [0.4, 0.5) is 0 Å². The lowest BCUT2D eigenvalue weighted by molar-refractivity contribution is 0.372. The third kappa shape index (κ3) is 2.18. The van der Waals surface area contributed by atoms with Crippen LogP contribution in [-0.2, 0) is 5.54 Å². The summed E-state index contributed by atoms with van der Waals surface area (Å²) < 4.78 is 5.34. The summed E-state index contributed by atoms with van der Waals surface area (Å²) in [5.74, 6) is 1.01. The standard InChI is InChI=1S/C14H15N5OS/c15-14(5-1-2-6-14)13-16-12(20-19-13)10-8-9(17-18-10)11-4-3-7-21-11/h3-4,7-8H,1-2,5-6,15H2,(H,17,18). The first-order valence-corrected chi connectivity index (χ1v) is 7.85. The molecule has 4 rings (SSSR count). The van der Waals surface area contributed by atoms with E-state index in [1.807, 2.05) is 23.6 Å². The van der Waals surface area contributed by atoms with Crippen LogP contribution in [0.1, 0.15) is 31.5 Å². The van der Waals surface area contributed by atoms with Gasteiger partial charge in [-0.3, -0.25) is 5.10 Å². The Kier molecular flexibility index (Phi) is 2.90. The minimum Gasteiger partial charge on any atom is -0.332 e. The first-order chi connectivity index (χ1) is 10.2. The van der Waals surface area contributed by atoms with E-state index in [2.05, 4.69) is 20.3 Å². The van der Waals surface area contributed by atoms with Gasteiger partial charge in [0.15, 0.2) is 11.5 Å². The second kappa shape index (κ2) is 4.78. The van der Waals surface area contributed by atoms with Crippen LogP contribution < -0.4 is 5.73 Å². The maximum atomic E-state index is 6.34. The van der Waals surface area contributed by atoms with Gasteiger partial charge in [-0.2, -0.15) is 10.1 Å². The highest BCUT2D eigenvalue weighted by atomic mass is 32.1. The van der Waals surface area contributed by atoms with Crippen molar-refractivity contribution >= 4 is 11.3 Å². The number of thiophene rings is 1. The van der Waals surface area contributed by atoms with Crippen molar-refractivity contribution in [2.75, 3.05) is 0 Å². The molecule has 21 heavy (non-hydrogen) atoms. The monoisotopic (exact) mass is 301 g/mol. The van der Waals surface area contributed by atoms with Crippen molar-refractivity contribution in [2.24, 2.45) is 5.73 Å². The van der Waals surface area contributed by atoms with Gasteiger partial charge in [0.25, 0.3) is 5.89 Å². The van der Waals surface area contributed by atoms with Gasteiger partial charge < -0.3 is 10.3 Å². The molecule has 0 saturated heterocycles. The van der Waals surface area contributed by atoms with E-state index in [4.69, 9.17) is 10.3 Å². The van der Waals surface area contributed by atoms with Gasteiger partial charge >= 0.3 is 0 Å². The molecule has 0 bridgehead atoms. The fraction of sp³-hybridized carbons (Fsp3) is 0.357. The molecule has 0 atom stereocenters. The molecule has 0 radical (unpaired) electrons. The number of aromatic amines is 1. The van der Waals surface area contributed by atoms with Crippen LogP contribution in [0.2, 0.25) is 0 Å². The van der Waals surface area contributed by atoms with Gasteiger partial charge in [0.05, 0.1) is 16.1 Å². The third-order valence-corrected chi connectivity index (χ3v) is 4.85. The first-order valence-electron chi connectivity index (χ1n) is 6.97. The highest BCUT2D eigenvalue weighted by Gasteiger charge is 2.36. The van der Waals surface area contributed by atoms with Crippen molar-refractivity contribution in [3.63, 3.8) is 0 Å². The lowest BCUT2D eigenvalue weighted by atomic mass is 9.99. The zero-order chi connectivity index (χ0) is 14.3. The van der Waals surface area contributed by atoms with Crippen molar-refractivity contribution in [1.29, 1.82) is 0 Å². The summed E-state index contributed by atoms with van der Waals surface area (Å²) in [6, 6.07) is 5.96. The van der Waals surface area contributed by atoms with E-state index in [9.17, 15) is 0 Å². The lowest BCUT2D eigenvalue weighted by Gasteiger charge is -2.17. The molecule has 108 valence electrons. The number of rotatable bonds is 3. The molecule has 1 aliphatic rings. The van der Waals surface area contributed by atoms with Gasteiger partial charge in [-0.25, -0.2) is 0 Å². The van der Waals surface area contributed by atoms with Crippen LogP contribution in [0.3, 0.4) is 0 Å². The summed E-state index contributed by atoms with van der Waals surface area (Å²) >= 11 is 1.65. The first kappa shape index (κ1) is 12.7. The Morgan fingerprint density at radius 1 is 1.33 bits per heavy atom. The van der Waals surface area contributed by atoms with Gasteiger partial charge in [0.1, 0.15) is 0 Å². The number of hydrogen-bond donors (Lipinski definition) is 2. The van der Waals surface area contributed by atoms with E-state index in [0.29, 0.717) is 17.4 Å². The summed E-state index contributed by atoms with van der Waals surface area (Å²) in [7, 11) is 0. The molecule has 1 aliphatic carbocycles. The number of nitrogens with one attached hydrogen (secondary N) is 1. The predicted octanol–water partition coefficient (Wildman–Crippen LogP) is 2.92. The summed E-state index contributed by atoms with van der Waals surface area (Å²) in [5.41, 5.74) is 7.51. The van der Waals surface area contributed by atoms with Crippen LogP contribution in [0, 0.1) is 0 Å². The Labute approximate surface area is 125 Å². The summed E-state index contributed by atoms with van der Waals surface area (Å²) in [6.07, 6.45) is 4.05. The molecule has 6 nitrogen and oxygen atoms in total. The zero-order valence-electron chi connectivity index (χ0n) is 11.4. The quantitative estimate of drug-likeness (QED) is 0.775. The average molecular weight is 301 g/mol. The van der Waals surface area contributed by atoms with E-state index in [1.165, 1.54) is 0 Å². The molecule has 0 unspecified atom stereocenters. The second-order valence-electron chi connectivity index (χ2n) is 5.43. The van der Waals surface area contributed by atoms with Crippen molar-refractivity contribution in [1.82, 2.24) is 20.3 Å². The summed E-state index contributed by atoms with van der Waals surface area (Å²) in [4.78, 5) is 5.57. The molecule has 3 aromatic rings. The lowest BCUT2D eigenvalue weighted by Crippen LogP contribution is -2.34. The van der Waals surface area contributed by atoms with E-state index in [-0.39, 0.29) is 0 Å². The summed E-state index contributed by atoms with van der Waals surface area (Å²) in [5, 5.41) is 13.3. The van der Waals surface area contributed by atoms with Gasteiger partial charge in [-0.15, -0.1) is 11.3 Å². The number of H-pyrrole nitrogens is 1. The maximum absolute atomic E-state index is 6.34. The van der Waals surface area contributed by atoms with Crippen molar-refractivity contribution in [2.45, 2.75) is 31.2 Å². The Morgan fingerprint density at radius 3 is 2.95 bits per heavy atom. The highest BCUT2D eigenvalue weighted by Crippen LogP contribution is 2.35. The van der Waals surface area contributed by atoms with E-state index >= 15 is 0 Å². The van der Waals surface area contributed by atoms with Gasteiger partial charge in [0, 0.05) is 0 Å². The fourth-order valence-electron chi connectivity index (χ4n) is 2.75. The fourth-order valence-corrected chi connectivity index (χ4v) is 3.44. The normalized spacial score (nSPS) is 17.4. The molecule has 0 aliphatic heterocycles. The number of hydrogen-bond acceptors (Lipinski definition) is 6. The van der Waals surface area contributed by atoms with Crippen LogP contribution in [0.15, 0.2) is 28.1 Å². The van der Waals surface area contributed by atoms with Crippen molar-refractivity contribution in [3.05, 3.63) is 29.4 Å². The van der Waals surface area contributed by atoms with Crippen LogP contribution in [0.5, 0.6) is 0 Å². The van der Waals surface area contributed by atoms with E-state index in [1.54, 1.807) is 11.3 Å². The molecule has 0 aromatic carbocycles. The molecular weight excluding hydrogens is 286 g/mol. The molecule has 3 heterocycles. The minimum atomic E-state index is -0.436. The number of aromatic nitrogens is 4. The Morgan fingerprint density at radius 2 is 2.19 bits per heavy atom. The molecular formula is C14H15N5OS.